The molecule has 23 heavy (non-hydrogen) atoms. The number of likely N-dealkylation sites (N-methyl/N-ethyl adjacent to an activating group) is 1. The highest BCUT2D eigenvalue weighted by Gasteiger charge is 2.26. The van der Waals surface area contributed by atoms with Crippen LogP contribution in [-0.2, 0) is 4.74 Å². The van der Waals surface area contributed by atoms with Crippen LogP contribution >= 0.6 is 0 Å². The van der Waals surface area contributed by atoms with Crippen LogP contribution in [0.1, 0.15) is 26.7 Å². The maximum Gasteiger partial charge on any atom is 0.317 e. The van der Waals surface area contributed by atoms with E-state index in [-0.39, 0.29) is 18.2 Å². The Kier molecular flexibility index (Phi) is 7.11. The van der Waals surface area contributed by atoms with Crippen molar-refractivity contribution in [2.45, 2.75) is 38.8 Å². The van der Waals surface area contributed by atoms with E-state index in [9.17, 15) is 4.79 Å². The van der Waals surface area contributed by atoms with Crippen LogP contribution in [0.25, 0.3) is 0 Å². The maximum absolute atomic E-state index is 12.3. The summed E-state index contributed by atoms with van der Waals surface area (Å²) in [5.41, 5.74) is 0. The lowest BCUT2D eigenvalue weighted by molar-refractivity contribution is 0.0841. The molecule has 0 unspecified atom stereocenters. The van der Waals surface area contributed by atoms with Crippen molar-refractivity contribution in [2.75, 3.05) is 60.0 Å². The van der Waals surface area contributed by atoms with Crippen molar-refractivity contribution in [2.24, 2.45) is 5.92 Å². The smallest absolute Gasteiger partial charge is 0.317 e. The Balaban J connectivity index is 1.68. The molecule has 0 aromatic rings. The van der Waals surface area contributed by atoms with Crippen molar-refractivity contribution in [1.82, 2.24) is 20.0 Å². The lowest BCUT2D eigenvalue weighted by atomic mass is 9.96. The summed E-state index contributed by atoms with van der Waals surface area (Å²) in [5, 5.41) is 3.05. The number of carbonyl (C=O) groups excluding carboxylic acids is 1. The molecule has 0 aliphatic carbocycles. The Labute approximate surface area is 141 Å². The van der Waals surface area contributed by atoms with Gasteiger partial charge in [-0.25, -0.2) is 4.79 Å². The molecule has 0 aromatic carbocycles. The van der Waals surface area contributed by atoms with Gasteiger partial charge < -0.3 is 24.8 Å². The van der Waals surface area contributed by atoms with E-state index >= 15 is 0 Å². The fraction of sp³-hybridized carbons (Fsp3) is 0.941. The quantitative estimate of drug-likeness (QED) is 0.821. The van der Waals surface area contributed by atoms with Crippen LogP contribution in [0.5, 0.6) is 0 Å². The molecule has 2 aliphatic heterocycles. The van der Waals surface area contributed by atoms with Crippen molar-refractivity contribution in [3.8, 4) is 0 Å². The number of ether oxygens (including phenoxy) is 1. The van der Waals surface area contributed by atoms with Crippen LogP contribution in [0.15, 0.2) is 0 Å². The highest BCUT2D eigenvalue weighted by Crippen LogP contribution is 2.19. The van der Waals surface area contributed by atoms with E-state index in [0.717, 1.165) is 31.8 Å². The first-order valence-electron chi connectivity index (χ1n) is 8.98. The summed E-state index contributed by atoms with van der Waals surface area (Å²) in [6.07, 6.45) is 2.27. The van der Waals surface area contributed by atoms with E-state index < -0.39 is 0 Å². The minimum atomic E-state index is 0.0359. The number of carbonyl (C=O) groups is 1. The van der Waals surface area contributed by atoms with E-state index in [0.29, 0.717) is 0 Å². The van der Waals surface area contributed by atoms with Crippen molar-refractivity contribution >= 4 is 6.03 Å². The highest BCUT2D eigenvalue weighted by molar-refractivity contribution is 5.74. The van der Waals surface area contributed by atoms with Crippen LogP contribution in [-0.4, -0.2) is 92.8 Å². The molecule has 1 N–H and O–H groups in total. The average molecular weight is 326 g/mol. The molecule has 0 aromatic heterocycles. The predicted molar refractivity (Wildman–Crippen MR) is 92.7 cm³/mol. The van der Waals surface area contributed by atoms with Gasteiger partial charge in [0.15, 0.2) is 0 Å². The first kappa shape index (κ1) is 18.5. The Morgan fingerprint density at radius 2 is 1.74 bits per heavy atom. The minimum absolute atomic E-state index is 0.0359. The van der Waals surface area contributed by atoms with Gasteiger partial charge in [0.25, 0.3) is 0 Å². The van der Waals surface area contributed by atoms with Gasteiger partial charge in [-0.2, -0.15) is 0 Å². The molecular formula is C17H34N4O2. The van der Waals surface area contributed by atoms with Gasteiger partial charge in [-0.15, -0.1) is 0 Å². The minimum Gasteiger partial charge on any atom is -0.380 e. The third kappa shape index (κ3) is 5.62. The normalized spacial score (nSPS) is 24.4. The number of methoxy groups -OCH3 is 1. The zero-order chi connectivity index (χ0) is 16.8. The number of nitrogens with zero attached hydrogens (tertiary/aromatic N) is 3. The van der Waals surface area contributed by atoms with Crippen molar-refractivity contribution in [3.63, 3.8) is 0 Å². The Morgan fingerprint density at radius 3 is 2.30 bits per heavy atom. The Morgan fingerprint density at radius 1 is 1.13 bits per heavy atom. The molecule has 2 rings (SSSR count). The number of piperazine rings is 1. The number of piperidine rings is 1. The molecule has 0 spiro atoms. The fourth-order valence-corrected chi connectivity index (χ4v) is 3.32. The first-order chi connectivity index (χ1) is 11.0. The summed E-state index contributed by atoms with van der Waals surface area (Å²) in [5.74, 6) is 0.734. The molecule has 0 radical (unpaired) electrons. The number of rotatable bonds is 5. The monoisotopic (exact) mass is 326 g/mol. The number of nitrogens with one attached hydrogen (secondary N) is 1. The van der Waals surface area contributed by atoms with Crippen LogP contribution in [0.3, 0.4) is 0 Å². The molecular weight excluding hydrogens is 292 g/mol. The third-order valence-electron chi connectivity index (χ3n) is 5.44. The molecule has 2 heterocycles. The summed E-state index contributed by atoms with van der Waals surface area (Å²) < 4.78 is 5.27. The van der Waals surface area contributed by atoms with E-state index in [4.69, 9.17) is 4.74 Å². The molecule has 134 valence electrons. The molecule has 2 saturated heterocycles. The van der Waals surface area contributed by atoms with Gasteiger partial charge in [-0.3, -0.25) is 0 Å². The zero-order valence-electron chi connectivity index (χ0n) is 15.3. The van der Waals surface area contributed by atoms with Gasteiger partial charge in [0.05, 0.1) is 12.1 Å². The van der Waals surface area contributed by atoms with E-state index in [1.807, 2.05) is 18.7 Å². The molecule has 0 bridgehead atoms. The van der Waals surface area contributed by atoms with Crippen LogP contribution in [0, 0.1) is 5.92 Å². The Bertz CT molecular complexity index is 364. The zero-order valence-corrected chi connectivity index (χ0v) is 15.3. The number of hydrogen-bond acceptors (Lipinski definition) is 4. The SMILES string of the molecule is CO[C@@H](C)[C@H](C)NC(=O)N1CCC(CN2CCN(C)CC2)CC1. The summed E-state index contributed by atoms with van der Waals surface area (Å²) in [6.45, 7) is 11.6. The number of amides is 2. The third-order valence-corrected chi connectivity index (χ3v) is 5.44. The standard InChI is InChI=1S/C17H34N4O2/c1-14(15(2)23-4)18-17(22)21-7-5-16(6-8-21)13-20-11-9-19(3)10-12-20/h14-16H,5-13H2,1-4H3,(H,18,22)/t14-,15-/m0/s1. The average Bonchev–Trinajstić information content (AvgIpc) is 2.56. The topological polar surface area (TPSA) is 48.1 Å². The fourth-order valence-electron chi connectivity index (χ4n) is 3.32. The summed E-state index contributed by atoms with van der Waals surface area (Å²) in [6, 6.07) is 0.0926. The van der Waals surface area contributed by atoms with Gasteiger partial charge in [-0.1, -0.05) is 0 Å². The van der Waals surface area contributed by atoms with Crippen LogP contribution < -0.4 is 5.32 Å². The largest absolute Gasteiger partial charge is 0.380 e. The van der Waals surface area contributed by atoms with Crippen LogP contribution in [0.4, 0.5) is 4.79 Å². The lowest BCUT2D eigenvalue weighted by Crippen LogP contribution is -2.51. The second kappa shape index (κ2) is 8.85. The van der Waals surface area contributed by atoms with Gasteiger partial charge in [-0.05, 0) is 39.7 Å². The van der Waals surface area contributed by atoms with Gasteiger partial charge >= 0.3 is 6.03 Å². The lowest BCUT2D eigenvalue weighted by Gasteiger charge is -2.38. The second-order valence-corrected chi connectivity index (χ2v) is 7.21. The Hall–Kier alpha value is -0.850. The van der Waals surface area contributed by atoms with E-state index in [1.165, 1.54) is 32.7 Å². The van der Waals surface area contributed by atoms with Crippen molar-refractivity contribution in [3.05, 3.63) is 0 Å². The summed E-state index contributed by atoms with van der Waals surface area (Å²) in [4.78, 5) is 19.2. The maximum atomic E-state index is 12.3. The summed E-state index contributed by atoms with van der Waals surface area (Å²) in [7, 11) is 3.87. The molecule has 6 heteroatoms. The number of likely N-dealkylation sites (tertiary alicyclic amines) is 1. The van der Waals surface area contributed by atoms with E-state index in [2.05, 4.69) is 22.2 Å². The van der Waals surface area contributed by atoms with Crippen molar-refractivity contribution < 1.29 is 9.53 Å². The highest BCUT2D eigenvalue weighted by atomic mass is 16.5. The summed E-state index contributed by atoms with van der Waals surface area (Å²) >= 11 is 0. The van der Waals surface area contributed by atoms with Gasteiger partial charge in [0.2, 0.25) is 0 Å². The second-order valence-electron chi connectivity index (χ2n) is 7.21. The van der Waals surface area contributed by atoms with Gasteiger partial charge in [0, 0.05) is 52.9 Å². The number of hydrogen-bond donors (Lipinski definition) is 1. The predicted octanol–water partition coefficient (Wildman–Crippen LogP) is 1.08. The molecule has 2 amide bonds. The van der Waals surface area contributed by atoms with Crippen LogP contribution in [0.2, 0.25) is 0 Å². The number of urea groups is 1. The molecule has 6 nitrogen and oxygen atoms in total. The molecule has 2 atom stereocenters. The van der Waals surface area contributed by atoms with E-state index in [1.54, 1.807) is 7.11 Å². The van der Waals surface area contributed by atoms with Gasteiger partial charge in [0.1, 0.15) is 0 Å². The molecule has 2 aliphatic rings. The molecule has 2 fully saturated rings. The van der Waals surface area contributed by atoms with Crippen molar-refractivity contribution in [1.29, 1.82) is 0 Å². The first-order valence-corrected chi connectivity index (χ1v) is 8.98. The molecule has 0 saturated carbocycles.